The Bertz CT molecular complexity index is 1010. The third-order valence-electron chi connectivity index (χ3n) is 4.49. The average Bonchev–Trinajstić information content (AvgIpc) is 3.23. The predicted molar refractivity (Wildman–Crippen MR) is 101 cm³/mol. The number of piperazine rings is 1. The van der Waals surface area contributed by atoms with Crippen LogP contribution in [0.1, 0.15) is 5.82 Å². The number of rotatable bonds is 4. The first-order chi connectivity index (χ1) is 13.0. The molecule has 0 amide bonds. The molecule has 0 aliphatic carbocycles. The Balaban J connectivity index is 1.52. The quantitative estimate of drug-likeness (QED) is 0.677. The maximum atomic E-state index is 12.8. The molecule has 9 heteroatoms. The number of aromatic nitrogens is 4. The van der Waals surface area contributed by atoms with Crippen molar-refractivity contribution in [2.75, 3.05) is 31.1 Å². The highest BCUT2D eigenvalue weighted by Gasteiger charge is 2.29. The second kappa shape index (κ2) is 7.09. The summed E-state index contributed by atoms with van der Waals surface area (Å²) in [6.45, 7) is 3.81. The van der Waals surface area contributed by atoms with Gasteiger partial charge in [0.15, 0.2) is 5.82 Å². The van der Waals surface area contributed by atoms with E-state index in [1.165, 1.54) is 4.31 Å². The Labute approximate surface area is 158 Å². The van der Waals surface area contributed by atoms with Gasteiger partial charge >= 0.3 is 0 Å². The number of hydrogen-bond donors (Lipinski definition) is 0. The van der Waals surface area contributed by atoms with E-state index >= 15 is 0 Å². The molecular formula is C18H20N6O2S. The molecule has 1 aliphatic rings. The molecule has 0 saturated carbocycles. The summed E-state index contributed by atoms with van der Waals surface area (Å²) in [5.41, 5.74) is 0. The Morgan fingerprint density at radius 1 is 0.926 bits per heavy atom. The Hall–Kier alpha value is -2.78. The third kappa shape index (κ3) is 3.56. The molecular weight excluding hydrogens is 364 g/mol. The van der Waals surface area contributed by atoms with Crippen LogP contribution in [0.2, 0.25) is 0 Å². The molecule has 0 unspecified atom stereocenters. The summed E-state index contributed by atoms with van der Waals surface area (Å²) in [6.07, 6.45) is 3.53. The molecule has 140 valence electrons. The summed E-state index contributed by atoms with van der Waals surface area (Å²) in [7, 11) is -3.46. The van der Waals surface area contributed by atoms with Gasteiger partial charge in [-0.25, -0.2) is 23.1 Å². The van der Waals surface area contributed by atoms with Crippen LogP contribution in [0.4, 0.5) is 5.82 Å². The van der Waals surface area contributed by atoms with E-state index in [1.54, 1.807) is 35.1 Å². The second-order valence-electron chi connectivity index (χ2n) is 6.29. The molecule has 0 N–H and O–H groups in total. The van der Waals surface area contributed by atoms with E-state index in [-0.39, 0.29) is 0 Å². The summed E-state index contributed by atoms with van der Waals surface area (Å²) in [5.74, 6) is 2.13. The average molecular weight is 384 g/mol. The number of nitrogens with zero attached hydrogens (tertiary/aromatic N) is 6. The van der Waals surface area contributed by atoms with Crippen LogP contribution >= 0.6 is 0 Å². The van der Waals surface area contributed by atoms with Gasteiger partial charge in [-0.3, -0.25) is 0 Å². The van der Waals surface area contributed by atoms with Crippen molar-refractivity contribution >= 4 is 15.8 Å². The zero-order valence-corrected chi connectivity index (χ0v) is 15.7. The van der Waals surface area contributed by atoms with Crippen LogP contribution in [-0.2, 0) is 10.0 Å². The lowest BCUT2D eigenvalue weighted by atomic mass is 10.3. The van der Waals surface area contributed by atoms with E-state index < -0.39 is 10.0 Å². The van der Waals surface area contributed by atoms with Crippen LogP contribution in [-0.4, -0.2) is 58.7 Å². The molecule has 3 heterocycles. The summed E-state index contributed by atoms with van der Waals surface area (Å²) in [5, 5.41) is 4.21. The first kappa shape index (κ1) is 17.6. The number of aryl methyl sites for hydroxylation is 1. The minimum Gasteiger partial charge on any atom is -0.354 e. The Morgan fingerprint density at radius 3 is 2.30 bits per heavy atom. The topological polar surface area (TPSA) is 84.2 Å². The van der Waals surface area contributed by atoms with Crippen molar-refractivity contribution in [2.24, 2.45) is 0 Å². The second-order valence-corrected chi connectivity index (χ2v) is 8.22. The van der Waals surface area contributed by atoms with Gasteiger partial charge in [0.1, 0.15) is 11.6 Å². The maximum Gasteiger partial charge on any atom is 0.243 e. The lowest BCUT2D eigenvalue weighted by molar-refractivity contribution is 0.383. The molecule has 2 aromatic heterocycles. The summed E-state index contributed by atoms with van der Waals surface area (Å²) < 4.78 is 28.7. The summed E-state index contributed by atoms with van der Waals surface area (Å²) in [6, 6.07) is 12.3. The van der Waals surface area contributed by atoms with Crippen LogP contribution in [0.5, 0.6) is 0 Å². The van der Waals surface area contributed by atoms with Crippen molar-refractivity contribution in [3.05, 3.63) is 60.7 Å². The van der Waals surface area contributed by atoms with Crippen molar-refractivity contribution in [1.29, 1.82) is 0 Å². The van der Waals surface area contributed by atoms with E-state index in [4.69, 9.17) is 0 Å². The fraction of sp³-hybridized carbons (Fsp3) is 0.278. The molecule has 0 bridgehead atoms. The van der Waals surface area contributed by atoms with E-state index in [9.17, 15) is 8.42 Å². The molecule has 1 aromatic carbocycles. The predicted octanol–water partition coefficient (Wildman–Crippen LogP) is 1.48. The molecule has 1 aliphatic heterocycles. The highest BCUT2D eigenvalue weighted by atomic mass is 32.2. The first-order valence-electron chi connectivity index (χ1n) is 8.70. The van der Waals surface area contributed by atoms with E-state index in [0.29, 0.717) is 42.7 Å². The number of anilines is 1. The molecule has 4 rings (SSSR count). The zero-order valence-electron chi connectivity index (χ0n) is 14.9. The van der Waals surface area contributed by atoms with Gasteiger partial charge in [0, 0.05) is 44.6 Å². The van der Waals surface area contributed by atoms with Gasteiger partial charge in [0.05, 0.1) is 4.90 Å². The van der Waals surface area contributed by atoms with Gasteiger partial charge in [0.2, 0.25) is 10.0 Å². The van der Waals surface area contributed by atoms with Crippen molar-refractivity contribution in [3.8, 4) is 5.82 Å². The van der Waals surface area contributed by atoms with Crippen molar-refractivity contribution < 1.29 is 8.42 Å². The van der Waals surface area contributed by atoms with E-state index in [2.05, 4.69) is 20.0 Å². The van der Waals surface area contributed by atoms with Gasteiger partial charge in [0.25, 0.3) is 0 Å². The van der Waals surface area contributed by atoms with Crippen molar-refractivity contribution in [1.82, 2.24) is 24.1 Å². The maximum absolute atomic E-state index is 12.8. The van der Waals surface area contributed by atoms with Crippen LogP contribution in [0.3, 0.4) is 0 Å². The minimum atomic E-state index is -3.46. The van der Waals surface area contributed by atoms with Gasteiger partial charge in [-0.1, -0.05) is 18.2 Å². The molecule has 3 aromatic rings. The number of hydrogen-bond acceptors (Lipinski definition) is 6. The van der Waals surface area contributed by atoms with Crippen LogP contribution in [0, 0.1) is 6.92 Å². The normalized spacial score (nSPS) is 15.8. The van der Waals surface area contributed by atoms with Gasteiger partial charge in [-0.05, 0) is 25.1 Å². The van der Waals surface area contributed by atoms with E-state index in [0.717, 1.165) is 5.82 Å². The number of benzene rings is 1. The minimum absolute atomic E-state index is 0.331. The molecule has 1 saturated heterocycles. The van der Waals surface area contributed by atoms with Gasteiger partial charge < -0.3 is 4.90 Å². The molecule has 8 nitrogen and oxygen atoms in total. The van der Waals surface area contributed by atoms with Crippen molar-refractivity contribution in [2.45, 2.75) is 11.8 Å². The molecule has 0 spiro atoms. The summed E-state index contributed by atoms with van der Waals surface area (Å²) in [4.78, 5) is 11.4. The standard InChI is InChI=1S/C18H20N6O2S/c1-15-20-17(14-18(21-15)24-9-5-8-19-24)22-10-12-23(13-11-22)27(25,26)16-6-3-2-4-7-16/h2-9,14H,10-13H2,1H3. The summed E-state index contributed by atoms with van der Waals surface area (Å²) >= 11 is 0. The first-order valence-corrected chi connectivity index (χ1v) is 10.1. The van der Waals surface area contributed by atoms with Gasteiger partial charge in [-0.2, -0.15) is 9.40 Å². The van der Waals surface area contributed by atoms with Crippen LogP contribution in [0.25, 0.3) is 5.82 Å². The Kier molecular flexibility index (Phi) is 4.63. The van der Waals surface area contributed by atoms with Crippen LogP contribution in [0.15, 0.2) is 59.8 Å². The third-order valence-corrected chi connectivity index (χ3v) is 6.41. The largest absolute Gasteiger partial charge is 0.354 e. The molecule has 0 atom stereocenters. The highest BCUT2D eigenvalue weighted by Crippen LogP contribution is 2.21. The number of sulfonamides is 1. The molecule has 0 radical (unpaired) electrons. The lowest BCUT2D eigenvalue weighted by Crippen LogP contribution is -2.49. The van der Waals surface area contributed by atoms with E-state index in [1.807, 2.05) is 31.3 Å². The smallest absolute Gasteiger partial charge is 0.243 e. The van der Waals surface area contributed by atoms with Crippen molar-refractivity contribution in [3.63, 3.8) is 0 Å². The fourth-order valence-electron chi connectivity index (χ4n) is 3.12. The highest BCUT2D eigenvalue weighted by molar-refractivity contribution is 7.89. The van der Waals surface area contributed by atoms with Crippen LogP contribution < -0.4 is 4.90 Å². The fourth-order valence-corrected chi connectivity index (χ4v) is 4.56. The lowest BCUT2D eigenvalue weighted by Gasteiger charge is -2.34. The Morgan fingerprint density at radius 2 is 1.63 bits per heavy atom. The van der Waals surface area contributed by atoms with Gasteiger partial charge in [-0.15, -0.1) is 0 Å². The monoisotopic (exact) mass is 384 g/mol. The molecule has 27 heavy (non-hydrogen) atoms. The zero-order chi connectivity index (χ0) is 18.9. The SMILES string of the molecule is Cc1nc(N2CCN(S(=O)(=O)c3ccccc3)CC2)cc(-n2cccn2)n1. The molecule has 1 fully saturated rings.